The van der Waals surface area contributed by atoms with Crippen molar-refractivity contribution in [3.8, 4) is 0 Å². The minimum absolute atomic E-state index is 0.0381. The van der Waals surface area contributed by atoms with Crippen molar-refractivity contribution >= 4 is 33.7 Å². The molecule has 1 aliphatic rings. The van der Waals surface area contributed by atoms with Crippen LogP contribution in [0.1, 0.15) is 28.8 Å². The molecule has 0 unspecified atom stereocenters. The number of halogens is 1. The van der Waals surface area contributed by atoms with Crippen LogP contribution in [0.5, 0.6) is 0 Å². The van der Waals surface area contributed by atoms with Crippen molar-refractivity contribution in [2.24, 2.45) is 12.1 Å². The van der Waals surface area contributed by atoms with E-state index in [9.17, 15) is 9.18 Å². The van der Waals surface area contributed by atoms with Gasteiger partial charge in [-0.15, -0.1) is 11.3 Å². The molecule has 0 fully saturated rings. The summed E-state index contributed by atoms with van der Waals surface area (Å²) < 4.78 is 14.4. The second-order valence-electron chi connectivity index (χ2n) is 6.11. The number of hydrogen-bond acceptors (Lipinski definition) is 5. The van der Waals surface area contributed by atoms with Gasteiger partial charge in [0.05, 0.1) is 11.6 Å². The number of hydrazone groups is 1. The molecule has 1 aliphatic carbocycles. The van der Waals surface area contributed by atoms with Gasteiger partial charge in [0.15, 0.2) is 0 Å². The molecule has 4 rings (SSSR count). The first-order valence-electron chi connectivity index (χ1n) is 8.19. The van der Waals surface area contributed by atoms with E-state index in [2.05, 4.69) is 15.5 Å². The number of hydrogen-bond donors (Lipinski definition) is 1. The van der Waals surface area contributed by atoms with Gasteiger partial charge in [-0.1, -0.05) is 12.1 Å². The lowest BCUT2D eigenvalue weighted by molar-refractivity contribution is 0.628. The predicted octanol–water partition coefficient (Wildman–Crippen LogP) is 3.46. The minimum Gasteiger partial charge on any atom is -0.280 e. The highest BCUT2D eigenvalue weighted by atomic mass is 32.1. The summed E-state index contributed by atoms with van der Waals surface area (Å²) in [5.74, 6) is 0.107. The molecular weight excluding hydrogens is 339 g/mol. The van der Waals surface area contributed by atoms with Crippen LogP contribution in [0.25, 0.3) is 10.2 Å². The molecular formula is C18H17FN4OS. The zero-order valence-corrected chi connectivity index (χ0v) is 14.6. The van der Waals surface area contributed by atoms with Crippen LogP contribution in [0.4, 0.5) is 10.3 Å². The third-order valence-electron chi connectivity index (χ3n) is 4.44. The molecule has 0 radical (unpaired) electrons. The number of benzene rings is 1. The van der Waals surface area contributed by atoms with E-state index in [0.29, 0.717) is 5.95 Å². The average molecular weight is 356 g/mol. The summed E-state index contributed by atoms with van der Waals surface area (Å²) in [4.78, 5) is 19.4. The topological polar surface area (TPSA) is 59.3 Å². The van der Waals surface area contributed by atoms with Crippen molar-refractivity contribution < 1.29 is 4.39 Å². The molecule has 0 spiro atoms. The zero-order valence-electron chi connectivity index (χ0n) is 13.8. The highest BCUT2D eigenvalue weighted by Gasteiger charge is 2.20. The van der Waals surface area contributed by atoms with Gasteiger partial charge in [0.25, 0.3) is 5.56 Å². The fourth-order valence-corrected chi connectivity index (χ4v) is 4.35. The Morgan fingerprint density at radius 1 is 1.28 bits per heavy atom. The van der Waals surface area contributed by atoms with E-state index in [1.54, 1.807) is 36.7 Å². The Labute approximate surface area is 147 Å². The standard InChI is InChI=1S/C18H17FN4OS/c1-23-17(24)15-13-4-2-3-5-14(13)25-16(15)21-18(23)22-20-10-11-6-8-12(19)9-7-11/h6-10H,2-5H2,1H3,(H,21,22)/b20-10-. The van der Waals surface area contributed by atoms with Crippen molar-refractivity contribution in [2.45, 2.75) is 25.7 Å². The molecule has 3 aromatic rings. The van der Waals surface area contributed by atoms with Gasteiger partial charge in [0.2, 0.25) is 5.95 Å². The predicted molar refractivity (Wildman–Crippen MR) is 99.1 cm³/mol. The van der Waals surface area contributed by atoms with Gasteiger partial charge in [0.1, 0.15) is 10.6 Å². The van der Waals surface area contributed by atoms with E-state index in [4.69, 9.17) is 0 Å². The highest BCUT2D eigenvalue weighted by Crippen LogP contribution is 2.34. The fourth-order valence-electron chi connectivity index (χ4n) is 3.10. The average Bonchev–Trinajstić information content (AvgIpc) is 2.99. The molecule has 2 heterocycles. The first-order chi connectivity index (χ1) is 12.1. The molecule has 0 saturated carbocycles. The molecule has 0 saturated heterocycles. The van der Waals surface area contributed by atoms with Crippen LogP contribution in [0, 0.1) is 5.82 Å². The molecule has 0 aliphatic heterocycles. The van der Waals surface area contributed by atoms with Crippen LogP contribution in [-0.4, -0.2) is 15.8 Å². The molecule has 2 aromatic heterocycles. The summed E-state index contributed by atoms with van der Waals surface area (Å²) in [6.07, 6.45) is 5.86. The maximum absolute atomic E-state index is 12.9. The van der Waals surface area contributed by atoms with E-state index < -0.39 is 0 Å². The van der Waals surface area contributed by atoms with Crippen molar-refractivity contribution in [1.29, 1.82) is 0 Å². The van der Waals surface area contributed by atoms with Gasteiger partial charge in [-0.3, -0.25) is 9.36 Å². The van der Waals surface area contributed by atoms with E-state index in [1.165, 1.54) is 33.6 Å². The number of thiophene rings is 1. The Kier molecular flexibility index (Phi) is 4.09. The van der Waals surface area contributed by atoms with Gasteiger partial charge in [-0.2, -0.15) is 5.10 Å². The number of aryl methyl sites for hydroxylation is 2. The van der Waals surface area contributed by atoms with Crippen LogP contribution in [0.15, 0.2) is 34.2 Å². The van der Waals surface area contributed by atoms with Crippen LogP contribution in [0.2, 0.25) is 0 Å². The summed E-state index contributed by atoms with van der Waals surface area (Å²) in [5.41, 5.74) is 4.72. The summed E-state index contributed by atoms with van der Waals surface area (Å²) in [5, 5.41) is 4.88. The van der Waals surface area contributed by atoms with E-state index >= 15 is 0 Å². The van der Waals surface area contributed by atoms with Crippen molar-refractivity contribution in [3.05, 3.63) is 56.4 Å². The van der Waals surface area contributed by atoms with E-state index in [1.807, 2.05) is 0 Å². The van der Waals surface area contributed by atoms with Gasteiger partial charge in [-0.25, -0.2) is 14.8 Å². The quantitative estimate of drug-likeness (QED) is 0.577. The monoisotopic (exact) mass is 356 g/mol. The molecule has 0 atom stereocenters. The van der Waals surface area contributed by atoms with Gasteiger partial charge < -0.3 is 0 Å². The van der Waals surface area contributed by atoms with Crippen LogP contribution in [-0.2, 0) is 19.9 Å². The Morgan fingerprint density at radius 3 is 2.84 bits per heavy atom. The minimum atomic E-state index is -0.290. The second kappa shape index (κ2) is 6.40. The Morgan fingerprint density at radius 2 is 2.04 bits per heavy atom. The largest absolute Gasteiger partial charge is 0.280 e. The lowest BCUT2D eigenvalue weighted by Gasteiger charge is -2.10. The molecule has 1 aromatic carbocycles. The molecule has 1 N–H and O–H groups in total. The molecule has 128 valence electrons. The van der Waals surface area contributed by atoms with E-state index in [0.717, 1.165) is 35.0 Å². The van der Waals surface area contributed by atoms with Gasteiger partial charge in [0, 0.05) is 11.9 Å². The lowest BCUT2D eigenvalue weighted by Crippen LogP contribution is -2.21. The summed E-state index contributed by atoms with van der Waals surface area (Å²) >= 11 is 1.61. The summed E-state index contributed by atoms with van der Waals surface area (Å²) in [6, 6.07) is 6.00. The highest BCUT2D eigenvalue weighted by molar-refractivity contribution is 7.18. The van der Waals surface area contributed by atoms with E-state index in [-0.39, 0.29) is 11.4 Å². The number of anilines is 1. The maximum atomic E-state index is 12.9. The van der Waals surface area contributed by atoms with Gasteiger partial charge in [-0.05, 0) is 48.9 Å². The first-order valence-corrected chi connectivity index (χ1v) is 9.01. The molecule has 0 bridgehead atoms. The van der Waals surface area contributed by atoms with Crippen molar-refractivity contribution in [2.75, 3.05) is 5.43 Å². The molecule has 5 nitrogen and oxygen atoms in total. The normalized spacial score (nSPS) is 14.2. The van der Waals surface area contributed by atoms with Crippen molar-refractivity contribution in [3.63, 3.8) is 0 Å². The van der Waals surface area contributed by atoms with Crippen molar-refractivity contribution in [1.82, 2.24) is 9.55 Å². The maximum Gasteiger partial charge on any atom is 0.263 e. The second-order valence-corrected chi connectivity index (χ2v) is 7.20. The number of rotatable bonds is 3. The fraction of sp³-hybridized carbons (Fsp3) is 0.278. The van der Waals surface area contributed by atoms with Crippen LogP contribution in [0.3, 0.4) is 0 Å². The third-order valence-corrected chi connectivity index (χ3v) is 5.63. The summed E-state index contributed by atoms with van der Waals surface area (Å²) in [7, 11) is 1.69. The number of nitrogens with zero attached hydrogens (tertiary/aromatic N) is 3. The third kappa shape index (κ3) is 2.95. The smallest absolute Gasteiger partial charge is 0.263 e. The Bertz CT molecular complexity index is 1020. The number of nitrogens with one attached hydrogen (secondary N) is 1. The van der Waals surface area contributed by atoms with Crippen LogP contribution >= 0.6 is 11.3 Å². The Hall–Kier alpha value is -2.54. The summed E-state index contributed by atoms with van der Waals surface area (Å²) in [6.45, 7) is 0. The molecule has 7 heteroatoms. The van der Waals surface area contributed by atoms with Gasteiger partial charge >= 0.3 is 0 Å². The SMILES string of the molecule is Cn1c(N/N=C\c2ccc(F)cc2)nc2sc3c(c2c1=O)CCCC3. The molecule has 25 heavy (non-hydrogen) atoms. The number of aromatic nitrogens is 2. The number of fused-ring (bicyclic) bond motifs is 3. The first kappa shape index (κ1) is 16.0. The lowest BCUT2D eigenvalue weighted by atomic mass is 9.97. The van der Waals surface area contributed by atoms with Crippen LogP contribution < -0.4 is 11.0 Å². The molecule has 0 amide bonds. The zero-order chi connectivity index (χ0) is 17.4. The Balaban J connectivity index is 1.67.